The molecular formula is C20H23ClN2O3. The van der Waals surface area contributed by atoms with Crippen LogP contribution in [0.25, 0.3) is 0 Å². The van der Waals surface area contributed by atoms with Gasteiger partial charge in [-0.15, -0.1) is 0 Å². The maximum absolute atomic E-state index is 11.9. The number of phenols is 1. The van der Waals surface area contributed by atoms with Gasteiger partial charge in [0, 0.05) is 24.3 Å². The number of methoxy groups -OCH3 is 1. The molecule has 0 aromatic heterocycles. The van der Waals surface area contributed by atoms with Crippen molar-refractivity contribution in [1.82, 2.24) is 0 Å². The van der Waals surface area contributed by atoms with E-state index in [2.05, 4.69) is 10.3 Å². The van der Waals surface area contributed by atoms with Crippen LogP contribution >= 0.6 is 11.6 Å². The van der Waals surface area contributed by atoms with Crippen LogP contribution in [0.3, 0.4) is 0 Å². The summed E-state index contributed by atoms with van der Waals surface area (Å²) in [6.45, 7) is 3.93. The predicted octanol–water partition coefficient (Wildman–Crippen LogP) is 5.24. The van der Waals surface area contributed by atoms with Gasteiger partial charge in [0.1, 0.15) is 11.5 Å². The number of amides is 1. The molecule has 0 aliphatic heterocycles. The highest BCUT2D eigenvalue weighted by Gasteiger charge is 2.09. The van der Waals surface area contributed by atoms with Crippen LogP contribution in [0.2, 0.25) is 5.02 Å². The fourth-order valence-electron chi connectivity index (χ4n) is 2.42. The van der Waals surface area contributed by atoms with Crippen molar-refractivity contribution in [1.29, 1.82) is 0 Å². The lowest BCUT2D eigenvalue weighted by atomic mass is 10.1. The molecule has 0 aliphatic rings. The Morgan fingerprint density at radius 2 is 2.12 bits per heavy atom. The Hall–Kier alpha value is -2.53. The van der Waals surface area contributed by atoms with Crippen LogP contribution in [0.1, 0.15) is 37.3 Å². The molecule has 6 heteroatoms. The Morgan fingerprint density at radius 3 is 2.81 bits per heavy atom. The van der Waals surface area contributed by atoms with Gasteiger partial charge in [0.05, 0.1) is 23.5 Å². The summed E-state index contributed by atoms with van der Waals surface area (Å²) in [7, 11) is 1.54. The number of ether oxygens (including phenoxy) is 1. The molecule has 0 atom stereocenters. The van der Waals surface area contributed by atoms with Crippen LogP contribution < -0.4 is 10.1 Å². The number of hydrogen-bond donors (Lipinski definition) is 2. The third-order valence-electron chi connectivity index (χ3n) is 3.81. The zero-order valence-corrected chi connectivity index (χ0v) is 15.9. The quantitative estimate of drug-likeness (QED) is 0.651. The van der Waals surface area contributed by atoms with Gasteiger partial charge in [-0.2, -0.15) is 0 Å². The minimum absolute atomic E-state index is 0.00668. The topological polar surface area (TPSA) is 70.9 Å². The number of aromatic hydroxyl groups is 1. The highest BCUT2D eigenvalue weighted by molar-refractivity contribution is 6.32. The number of nitrogens with one attached hydrogen (secondary N) is 1. The number of aryl methyl sites for hydroxylation is 1. The lowest BCUT2D eigenvalue weighted by Crippen LogP contribution is -2.11. The van der Waals surface area contributed by atoms with Crippen molar-refractivity contribution in [2.24, 2.45) is 4.99 Å². The number of halogens is 1. The van der Waals surface area contributed by atoms with Gasteiger partial charge in [0.25, 0.3) is 0 Å². The molecule has 1 amide bonds. The first kappa shape index (κ1) is 19.8. The fourth-order valence-corrected chi connectivity index (χ4v) is 2.70. The number of nitrogens with zero attached hydrogens (tertiary/aromatic N) is 1. The largest absolute Gasteiger partial charge is 0.506 e. The molecule has 5 nitrogen and oxygen atoms in total. The molecule has 0 saturated carbocycles. The van der Waals surface area contributed by atoms with Crippen molar-refractivity contribution in [2.75, 3.05) is 12.4 Å². The molecule has 0 saturated heterocycles. The second kappa shape index (κ2) is 9.25. The summed E-state index contributed by atoms with van der Waals surface area (Å²) in [5.74, 6) is 0.476. The van der Waals surface area contributed by atoms with Gasteiger partial charge in [-0.3, -0.25) is 9.79 Å². The molecule has 0 fully saturated rings. The molecule has 2 aromatic rings. The van der Waals surface area contributed by atoms with Crippen molar-refractivity contribution in [3.8, 4) is 11.5 Å². The number of carbonyl (C=O) groups is 1. The summed E-state index contributed by atoms with van der Waals surface area (Å²) in [5, 5.41) is 13.2. The standard InChI is InChI=1S/C20H23ClN2O3/c1-4-5-6-19(24)23-17-8-7-15(11-18(17)26-3)22-12-14-9-13(2)10-16(21)20(14)25/h7-12,25H,4-6H2,1-3H3,(H,23,24). The summed E-state index contributed by atoms with van der Waals surface area (Å²) in [6.07, 6.45) is 3.84. The molecular weight excluding hydrogens is 352 g/mol. The SMILES string of the molecule is CCCCC(=O)Nc1ccc(N=Cc2cc(C)cc(Cl)c2O)cc1OC. The highest BCUT2D eigenvalue weighted by atomic mass is 35.5. The van der Waals surface area contributed by atoms with Gasteiger partial charge in [0.15, 0.2) is 0 Å². The van der Waals surface area contributed by atoms with E-state index in [1.807, 2.05) is 13.8 Å². The molecule has 0 heterocycles. The zero-order chi connectivity index (χ0) is 19.1. The minimum Gasteiger partial charge on any atom is -0.506 e. The summed E-state index contributed by atoms with van der Waals surface area (Å²) in [6, 6.07) is 8.72. The Morgan fingerprint density at radius 1 is 1.35 bits per heavy atom. The summed E-state index contributed by atoms with van der Waals surface area (Å²) < 4.78 is 5.35. The number of rotatable bonds is 7. The van der Waals surface area contributed by atoms with Gasteiger partial charge < -0.3 is 15.2 Å². The number of carbonyl (C=O) groups excluding carboxylic acids is 1. The molecule has 2 aromatic carbocycles. The van der Waals surface area contributed by atoms with Crippen molar-refractivity contribution < 1.29 is 14.6 Å². The van der Waals surface area contributed by atoms with Crippen LogP contribution in [0.15, 0.2) is 35.3 Å². The number of hydrogen-bond acceptors (Lipinski definition) is 4. The average molecular weight is 375 g/mol. The lowest BCUT2D eigenvalue weighted by Gasteiger charge is -2.10. The number of aliphatic imine (C=N–C) groups is 1. The van der Waals surface area contributed by atoms with Gasteiger partial charge >= 0.3 is 0 Å². The van der Waals surface area contributed by atoms with E-state index in [4.69, 9.17) is 16.3 Å². The van der Waals surface area contributed by atoms with E-state index in [0.29, 0.717) is 29.1 Å². The first-order valence-electron chi connectivity index (χ1n) is 8.45. The van der Waals surface area contributed by atoms with Crippen LogP contribution in [-0.4, -0.2) is 24.3 Å². The molecule has 2 rings (SSSR count). The van der Waals surface area contributed by atoms with E-state index >= 15 is 0 Å². The first-order chi connectivity index (χ1) is 12.4. The Balaban J connectivity index is 2.20. The van der Waals surface area contributed by atoms with E-state index in [0.717, 1.165) is 18.4 Å². The molecule has 0 aliphatic carbocycles. The summed E-state index contributed by atoms with van der Waals surface area (Å²) in [4.78, 5) is 16.3. The second-order valence-corrected chi connectivity index (χ2v) is 6.39. The average Bonchev–Trinajstić information content (AvgIpc) is 2.62. The fraction of sp³-hybridized carbons (Fsp3) is 0.300. The maximum Gasteiger partial charge on any atom is 0.224 e. The zero-order valence-electron chi connectivity index (χ0n) is 15.2. The molecule has 138 valence electrons. The van der Waals surface area contributed by atoms with E-state index < -0.39 is 0 Å². The second-order valence-electron chi connectivity index (χ2n) is 5.98. The predicted molar refractivity (Wildman–Crippen MR) is 106 cm³/mol. The molecule has 2 N–H and O–H groups in total. The third kappa shape index (κ3) is 5.23. The van der Waals surface area contributed by atoms with E-state index in [1.54, 1.807) is 36.5 Å². The van der Waals surface area contributed by atoms with Gasteiger partial charge in [0.2, 0.25) is 5.91 Å². The molecule has 0 bridgehead atoms. The molecule has 0 radical (unpaired) electrons. The maximum atomic E-state index is 11.9. The van der Waals surface area contributed by atoms with Crippen LogP contribution in [0.5, 0.6) is 11.5 Å². The van der Waals surface area contributed by atoms with Crippen molar-refractivity contribution in [3.05, 3.63) is 46.5 Å². The van der Waals surface area contributed by atoms with Crippen molar-refractivity contribution in [3.63, 3.8) is 0 Å². The summed E-state index contributed by atoms with van der Waals surface area (Å²) >= 11 is 5.98. The third-order valence-corrected chi connectivity index (χ3v) is 4.09. The van der Waals surface area contributed by atoms with Crippen LogP contribution in [-0.2, 0) is 4.79 Å². The van der Waals surface area contributed by atoms with E-state index in [1.165, 1.54) is 7.11 Å². The Bertz CT molecular complexity index is 819. The molecule has 0 unspecified atom stereocenters. The van der Waals surface area contributed by atoms with Gasteiger partial charge in [-0.1, -0.05) is 24.9 Å². The lowest BCUT2D eigenvalue weighted by molar-refractivity contribution is -0.116. The molecule has 26 heavy (non-hydrogen) atoms. The van der Waals surface area contributed by atoms with Crippen LogP contribution in [0.4, 0.5) is 11.4 Å². The summed E-state index contributed by atoms with van der Waals surface area (Å²) in [5.41, 5.74) is 2.70. The van der Waals surface area contributed by atoms with E-state index in [9.17, 15) is 9.90 Å². The van der Waals surface area contributed by atoms with Crippen molar-refractivity contribution >= 4 is 35.1 Å². The van der Waals surface area contributed by atoms with Gasteiger partial charge in [-0.05, 0) is 43.2 Å². The Labute approximate surface area is 158 Å². The number of anilines is 1. The number of unbranched alkanes of at least 4 members (excludes halogenated alkanes) is 1. The van der Waals surface area contributed by atoms with Crippen LogP contribution in [0, 0.1) is 6.92 Å². The number of benzene rings is 2. The first-order valence-corrected chi connectivity index (χ1v) is 8.83. The molecule has 0 spiro atoms. The van der Waals surface area contributed by atoms with E-state index in [-0.39, 0.29) is 16.7 Å². The van der Waals surface area contributed by atoms with Gasteiger partial charge in [-0.25, -0.2) is 0 Å². The van der Waals surface area contributed by atoms with Crippen molar-refractivity contribution in [2.45, 2.75) is 33.1 Å². The highest BCUT2D eigenvalue weighted by Crippen LogP contribution is 2.31. The Kier molecular flexibility index (Phi) is 7.04. The smallest absolute Gasteiger partial charge is 0.224 e. The number of phenolic OH excluding ortho intramolecular Hbond substituents is 1. The minimum atomic E-state index is -0.0410. The normalized spacial score (nSPS) is 10.9. The monoisotopic (exact) mass is 374 g/mol.